The molecule has 0 bridgehead atoms. The van der Waals surface area contributed by atoms with Gasteiger partial charge in [0.25, 0.3) is 0 Å². The molecule has 0 heterocycles. The molecule has 0 unspecified atom stereocenters. The summed E-state index contributed by atoms with van der Waals surface area (Å²) in [6, 6.07) is 0. The molecule has 0 saturated carbocycles. The molecule has 0 aromatic rings. The van der Waals surface area contributed by atoms with Crippen molar-refractivity contribution >= 4 is 62.8 Å². The zero-order chi connectivity index (χ0) is 0. The topological polar surface area (TPSA) is 0 Å². The Hall–Kier alpha value is 4.23. The molecule has 0 atom stereocenters. The zero-order valence-corrected chi connectivity index (χ0v) is 11.8. The van der Waals surface area contributed by atoms with Crippen molar-refractivity contribution in [2.45, 2.75) is 0 Å². The summed E-state index contributed by atoms with van der Waals surface area (Å²) in [6.45, 7) is 0. The van der Waals surface area contributed by atoms with Gasteiger partial charge in [-0.05, 0) is 0 Å². The van der Waals surface area contributed by atoms with Gasteiger partial charge >= 0.3 is 64.3 Å². The van der Waals surface area contributed by atoms with Gasteiger partial charge in [0.05, 0.1) is 0 Å². The Labute approximate surface area is 131 Å². The molecule has 0 aliphatic heterocycles. The molecule has 0 aliphatic rings. The third kappa shape index (κ3) is 17.9. The molecule has 1 radical (unpaired) electrons. The Morgan fingerprint density at radius 2 is 1.20 bits per heavy atom. The van der Waals surface area contributed by atoms with Crippen LogP contribution >= 0.6 is 0 Å². The van der Waals surface area contributed by atoms with Gasteiger partial charge in [-0.3, -0.25) is 0 Å². The maximum atomic E-state index is 0. The molecule has 0 nitrogen and oxygen atoms in total. The minimum atomic E-state index is 0. The Morgan fingerprint density at radius 1 is 1.20 bits per heavy atom. The van der Waals surface area contributed by atoms with Gasteiger partial charge in [-0.25, -0.2) is 0 Å². The van der Waals surface area contributed by atoms with E-state index in [9.17, 15) is 0 Å². The summed E-state index contributed by atoms with van der Waals surface area (Å²) in [4.78, 5) is 0. The molecule has 0 amide bonds. The van der Waals surface area contributed by atoms with Crippen LogP contribution in [0.1, 0.15) is 4.28 Å². The molecule has 0 spiro atoms. The van der Waals surface area contributed by atoms with Crippen molar-refractivity contribution in [3.05, 3.63) is 0 Å². The van der Waals surface area contributed by atoms with Crippen LogP contribution in [0.25, 0.3) is 0 Å². The minimum Gasteiger partial charge on any atom is -1.00 e. The Balaban J connectivity index is 0. The van der Waals surface area contributed by atoms with E-state index in [1.807, 2.05) is 0 Å². The summed E-state index contributed by atoms with van der Waals surface area (Å²) in [5.41, 5.74) is 0. The van der Waals surface area contributed by atoms with Crippen molar-refractivity contribution in [1.29, 1.82) is 0 Å². The van der Waals surface area contributed by atoms with Crippen LogP contribution in [0.3, 0.4) is 0 Å². The molecule has 5 heteroatoms. The molecule has 0 saturated heterocycles. The molecule has 0 aromatic heterocycles. The van der Waals surface area contributed by atoms with E-state index in [2.05, 4.69) is 0 Å². The maximum Gasteiger partial charge on any atom is 2.00 e. The first-order valence-electron chi connectivity index (χ1n) is 0. The standard InChI is InChI=1S/Al.Li.Sr.Ta.Zr.6H/q;+1;+2;;;;;;3*-1. The van der Waals surface area contributed by atoms with Crippen molar-refractivity contribution < 1.29 is 71.7 Å². The van der Waals surface area contributed by atoms with Crippen molar-refractivity contribution in [2.24, 2.45) is 0 Å². The average molecular weight is 400 g/mol. The maximum absolute atomic E-state index is 0. The fraction of sp³-hybridized carbons (Fsp3) is 0. The second-order valence-electron chi connectivity index (χ2n) is 0. The predicted octanol–water partition coefficient (Wildman–Crippen LogP) is -4.23. The Bertz CT molecular complexity index is 19.2. The van der Waals surface area contributed by atoms with Gasteiger partial charge in [0.1, 0.15) is 0 Å². The van der Waals surface area contributed by atoms with Gasteiger partial charge in [0.15, 0.2) is 17.4 Å². The van der Waals surface area contributed by atoms with E-state index in [0.29, 0.717) is 0 Å². The van der Waals surface area contributed by atoms with Crippen molar-refractivity contribution in [3.8, 4) is 0 Å². The average Bonchev–Trinajstić information content (AvgIpc) is 0. The fourth-order valence-corrected chi connectivity index (χ4v) is 0. The third-order valence-electron chi connectivity index (χ3n) is 0. The van der Waals surface area contributed by atoms with E-state index in [-0.39, 0.29) is 135 Å². The molecular weight excluding hydrogens is 394 g/mol. The van der Waals surface area contributed by atoms with Crippen LogP contribution in [-0.4, -0.2) is 62.8 Å². The first-order chi connectivity index (χ1) is 0. The summed E-state index contributed by atoms with van der Waals surface area (Å²) >= 11 is 0. The number of rotatable bonds is 0. The van der Waals surface area contributed by atoms with Gasteiger partial charge in [0, 0.05) is 48.6 Å². The van der Waals surface area contributed by atoms with E-state index >= 15 is 0 Å². The molecule has 5 heavy (non-hydrogen) atoms. The molecule has 21 valence electrons. The Kier molecular flexibility index (Phi) is 168. The zero-order valence-electron chi connectivity index (χ0n) is 5.65. The van der Waals surface area contributed by atoms with Crippen LogP contribution in [0, 0.1) is 0 Å². The third-order valence-corrected chi connectivity index (χ3v) is 0. The molecule has 0 rings (SSSR count). The molecule has 0 N–H and O–H groups in total. The van der Waals surface area contributed by atoms with E-state index in [1.54, 1.807) is 0 Å². The summed E-state index contributed by atoms with van der Waals surface area (Å²) in [7, 11) is 0. The summed E-state index contributed by atoms with van der Waals surface area (Å²) in [5, 5.41) is 0. The van der Waals surface area contributed by atoms with Crippen LogP contribution in [-0.2, 0) is 48.6 Å². The predicted molar refractivity (Wildman–Crippen MR) is 19.0 cm³/mol. The first kappa shape index (κ1) is 34.9. The van der Waals surface area contributed by atoms with Crippen LogP contribution in [0.4, 0.5) is 0 Å². The molecule has 0 aliphatic carbocycles. The van der Waals surface area contributed by atoms with Crippen LogP contribution in [0.2, 0.25) is 0 Å². The van der Waals surface area contributed by atoms with Crippen LogP contribution < -0.4 is 18.9 Å². The molecule has 0 fully saturated rings. The fourth-order valence-electron chi connectivity index (χ4n) is 0. The number of hydrogen-bond acceptors (Lipinski definition) is 0. The van der Waals surface area contributed by atoms with E-state index in [4.69, 9.17) is 0 Å². The van der Waals surface area contributed by atoms with E-state index in [1.165, 1.54) is 0 Å². The van der Waals surface area contributed by atoms with Crippen molar-refractivity contribution in [3.63, 3.8) is 0 Å². The largest absolute Gasteiger partial charge is 2.00 e. The Morgan fingerprint density at radius 3 is 1.20 bits per heavy atom. The van der Waals surface area contributed by atoms with Crippen molar-refractivity contribution in [1.82, 2.24) is 0 Å². The first-order valence-corrected chi connectivity index (χ1v) is 0. The van der Waals surface area contributed by atoms with Gasteiger partial charge in [-0.15, -0.1) is 0 Å². The molecular formula is H6AlLiSrTaZr. The normalized spacial score (nSPS) is 0. The summed E-state index contributed by atoms with van der Waals surface area (Å²) in [6.07, 6.45) is 0. The van der Waals surface area contributed by atoms with Gasteiger partial charge in [0.2, 0.25) is 0 Å². The van der Waals surface area contributed by atoms with Gasteiger partial charge < -0.3 is 4.28 Å². The quantitative estimate of drug-likeness (QED) is 0.362. The van der Waals surface area contributed by atoms with Crippen LogP contribution in [0.5, 0.6) is 0 Å². The summed E-state index contributed by atoms with van der Waals surface area (Å²) in [5.74, 6) is 0. The molecule has 0 aromatic carbocycles. The second-order valence-corrected chi connectivity index (χ2v) is 0. The van der Waals surface area contributed by atoms with E-state index < -0.39 is 0 Å². The smallest absolute Gasteiger partial charge is 1.00 e. The monoisotopic (exact) mass is 399 g/mol. The van der Waals surface area contributed by atoms with E-state index in [0.717, 1.165) is 0 Å². The van der Waals surface area contributed by atoms with Crippen molar-refractivity contribution in [2.75, 3.05) is 0 Å². The number of hydrogen-bond donors (Lipinski definition) is 0. The summed E-state index contributed by atoms with van der Waals surface area (Å²) < 4.78 is 0. The minimum absolute atomic E-state index is 0. The van der Waals surface area contributed by atoms with Crippen LogP contribution in [0.15, 0.2) is 0 Å². The van der Waals surface area contributed by atoms with Gasteiger partial charge in [-0.1, -0.05) is 0 Å². The van der Waals surface area contributed by atoms with Gasteiger partial charge in [-0.2, -0.15) is 0 Å². The second kappa shape index (κ2) is 24.0. The SMILES string of the molecule is [AlH3].[H-].[H-].[H-].[Li+].[Sr+2].[Ta].[Zr].